The van der Waals surface area contributed by atoms with Gasteiger partial charge in [-0.3, -0.25) is 15.8 Å². The standard InChI is InChI=1S/C17H33N7OS2/c1-13(2)12-19-17(27)23-21-15(4)14(3)20-22-16(26)18-6-5-7-24-8-10-25-11-9-24/h13H,5-12H2,1-4H3,(H2,18,22,26)(H2,19,23,27)/b20-14+,21-15+. The second kappa shape index (κ2) is 13.8. The van der Waals surface area contributed by atoms with Gasteiger partial charge >= 0.3 is 0 Å². The predicted molar refractivity (Wildman–Crippen MR) is 120 cm³/mol. The van der Waals surface area contributed by atoms with E-state index in [1.807, 2.05) is 13.8 Å². The number of rotatable bonds is 9. The third kappa shape index (κ3) is 11.9. The van der Waals surface area contributed by atoms with E-state index < -0.39 is 0 Å². The van der Waals surface area contributed by atoms with Crippen LogP contribution >= 0.6 is 24.4 Å². The van der Waals surface area contributed by atoms with Crippen LogP contribution in [0.5, 0.6) is 0 Å². The van der Waals surface area contributed by atoms with E-state index in [0.717, 1.165) is 63.8 Å². The highest BCUT2D eigenvalue weighted by Crippen LogP contribution is 1.97. The van der Waals surface area contributed by atoms with E-state index in [1.165, 1.54) is 0 Å². The maximum absolute atomic E-state index is 5.34. The van der Waals surface area contributed by atoms with E-state index in [0.29, 0.717) is 16.1 Å². The number of thiocarbonyl (C=S) groups is 2. The third-order valence-corrected chi connectivity index (χ3v) is 4.36. The summed E-state index contributed by atoms with van der Waals surface area (Å²) in [6.45, 7) is 14.3. The molecule has 0 unspecified atom stereocenters. The molecule has 8 nitrogen and oxygen atoms in total. The van der Waals surface area contributed by atoms with E-state index in [1.54, 1.807) is 0 Å². The Balaban J connectivity index is 2.21. The average Bonchev–Trinajstić information content (AvgIpc) is 2.66. The van der Waals surface area contributed by atoms with Crippen LogP contribution < -0.4 is 21.5 Å². The SMILES string of the molecule is CC(=N\NC(=S)NCCCN1CCOCC1)/C(C)=N/NC(=S)NCC(C)C. The normalized spacial score (nSPS) is 16.2. The van der Waals surface area contributed by atoms with Crippen LogP contribution in [-0.4, -0.2) is 72.5 Å². The van der Waals surface area contributed by atoms with Crippen LogP contribution in [0.1, 0.15) is 34.1 Å². The molecule has 1 aliphatic rings. The summed E-state index contributed by atoms with van der Waals surface area (Å²) in [5.74, 6) is 0.518. The maximum atomic E-state index is 5.34. The fraction of sp³-hybridized carbons (Fsp3) is 0.765. The van der Waals surface area contributed by atoms with Gasteiger partial charge < -0.3 is 15.4 Å². The number of ether oxygens (including phenoxy) is 1. The summed E-state index contributed by atoms with van der Waals surface area (Å²) in [6.07, 6.45) is 1.02. The highest BCUT2D eigenvalue weighted by atomic mass is 32.1. The molecule has 4 N–H and O–H groups in total. The van der Waals surface area contributed by atoms with Crippen LogP contribution in [0.4, 0.5) is 0 Å². The lowest BCUT2D eigenvalue weighted by atomic mass is 10.2. The first kappa shape index (κ1) is 23.7. The van der Waals surface area contributed by atoms with E-state index >= 15 is 0 Å². The molecule has 0 amide bonds. The minimum Gasteiger partial charge on any atom is -0.379 e. The number of nitrogens with one attached hydrogen (secondary N) is 4. The molecular formula is C17H33N7OS2. The quantitative estimate of drug-likeness (QED) is 0.192. The molecule has 1 fully saturated rings. The van der Waals surface area contributed by atoms with Crippen molar-refractivity contribution in [3.05, 3.63) is 0 Å². The molecular weight excluding hydrogens is 382 g/mol. The van der Waals surface area contributed by atoms with Crippen LogP contribution in [-0.2, 0) is 4.74 Å². The Bertz CT molecular complexity index is 531. The lowest BCUT2D eigenvalue weighted by Gasteiger charge is -2.26. The number of morpholine rings is 1. The number of hydrogen-bond acceptors (Lipinski definition) is 6. The van der Waals surface area contributed by atoms with Crippen molar-refractivity contribution in [3.63, 3.8) is 0 Å². The molecule has 154 valence electrons. The fourth-order valence-corrected chi connectivity index (χ4v) is 2.41. The Morgan fingerprint density at radius 3 is 2.11 bits per heavy atom. The van der Waals surface area contributed by atoms with E-state index in [9.17, 15) is 0 Å². The van der Waals surface area contributed by atoms with Crippen molar-refractivity contribution in [2.24, 2.45) is 16.1 Å². The highest BCUT2D eigenvalue weighted by molar-refractivity contribution is 7.80. The van der Waals surface area contributed by atoms with Crippen molar-refractivity contribution >= 4 is 46.1 Å². The molecule has 0 aromatic rings. The van der Waals surface area contributed by atoms with Crippen LogP contribution in [0, 0.1) is 5.92 Å². The Morgan fingerprint density at radius 1 is 1.00 bits per heavy atom. The van der Waals surface area contributed by atoms with Gasteiger partial charge in [0.2, 0.25) is 0 Å². The molecule has 1 rings (SSSR count). The molecule has 0 bridgehead atoms. The largest absolute Gasteiger partial charge is 0.379 e. The van der Waals surface area contributed by atoms with E-state index in [2.05, 4.69) is 50.4 Å². The van der Waals surface area contributed by atoms with E-state index in [4.69, 9.17) is 29.2 Å². The van der Waals surface area contributed by atoms with Crippen molar-refractivity contribution in [1.82, 2.24) is 26.4 Å². The van der Waals surface area contributed by atoms with Crippen LogP contribution in [0.3, 0.4) is 0 Å². The number of nitrogens with zero attached hydrogens (tertiary/aromatic N) is 3. The topological polar surface area (TPSA) is 85.3 Å². The summed E-state index contributed by atoms with van der Waals surface area (Å²) < 4.78 is 5.34. The summed E-state index contributed by atoms with van der Waals surface area (Å²) in [7, 11) is 0. The smallest absolute Gasteiger partial charge is 0.186 e. The van der Waals surface area contributed by atoms with Gasteiger partial charge in [0, 0.05) is 26.2 Å². The Morgan fingerprint density at radius 2 is 1.56 bits per heavy atom. The third-order valence-electron chi connectivity index (χ3n) is 3.89. The minimum absolute atomic E-state index is 0.501. The molecule has 1 heterocycles. The minimum atomic E-state index is 0.501. The van der Waals surface area contributed by atoms with Gasteiger partial charge in [-0.2, -0.15) is 10.2 Å². The lowest BCUT2D eigenvalue weighted by molar-refractivity contribution is 0.0376. The molecule has 0 saturated carbocycles. The molecule has 0 atom stereocenters. The summed E-state index contributed by atoms with van der Waals surface area (Å²) in [5.41, 5.74) is 7.12. The first-order chi connectivity index (χ1) is 12.9. The van der Waals surface area contributed by atoms with Gasteiger partial charge in [-0.25, -0.2) is 0 Å². The molecule has 0 aromatic carbocycles. The first-order valence-electron chi connectivity index (χ1n) is 9.35. The summed E-state index contributed by atoms with van der Waals surface area (Å²) >= 11 is 10.4. The van der Waals surface area contributed by atoms with Gasteiger partial charge in [0.15, 0.2) is 10.2 Å². The maximum Gasteiger partial charge on any atom is 0.186 e. The number of hydrazone groups is 2. The van der Waals surface area contributed by atoms with Gasteiger partial charge in [-0.1, -0.05) is 13.8 Å². The molecule has 1 aliphatic heterocycles. The molecule has 0 aliphatic carbocycles. The Kier molecular flexibility index (Phi) is 12.1. The molecule has 0 radical (unpaired) electrons. The van der Waals surface area contributed by atoms with Crippen molar-refractivity contribution in [2.75, 3.05) is 45.9 Å². The van der Waals surface area contributed by atoms with Gasteiger partial charge in [0.1, 0.15) is 0 Å². The molecule has 1 saturated heterocycles. The number of hydrogen-bond donors (Lipinski definition) is 4. The molecule has 10 heteroatoms. The summed E-state index contributed by atoms with van der Waals surface area (Å²) in [4.78, 5) is 2.40. The monoisotopic (exact) mass is 415 g/mol. The second-order valence-corrected chi connectivity index (χ2v) is 7.60. The Labute approximate surface area is 173 Å². The summed E-state index contributed by atoms with van der Waals surface area (Å²) in [5, 5.41) is 15.7. The van der Waals surface area contributed by atoms with Crippen molar-refractivity contribution in [3.8, 4) is 0 Å². The van der Waals surface area contributed by atoms with Gasteiger partial charge in [0.25, 0.3) is 0 Å². The molecule has 0 aromatic heterocycles. The van der Waals surface area contributed by atoms with Crippen LogP contribution in [0.15, 0.2) is 10.2 Å². The van der Waals surface area contributed by atoms with Gasteiger partial charge in [-0.15, -0.1) is 0 Å². The zero-order chi connectivity index (χ0) is 20.1. The molecule has 0 spiro atoms. The van der Waals surface area contributed by atoms with Crippen molar-refractivity contribution in [2.45, 2.75) is 34.1 Å². The Hall–Kier alpha value is -1.36. The lowest BCUT2D eigenvalue weighted by Crippen LogP contribution is -2.39. The molecule has 27 heavy (non-hydrogen) atoms. The zero-order valence-corrected chi connectivity index (χ0v) is 18.4. The van der Waals surface area contributed by atoms with E-state index in [-0.39, 0.29) is 0 Å². The first-order valence-corrected chi connectivity index (χ1v) is 10.2. The van der Waals surface area contributed by atoms with Crippen molar-refractivity contribution in [1.29, 1.82) is 0 Å². The fourth-order valence-electron chi connectivity index (χ4n) is 2.14. The highest BCUT2D eigenvalue weighted by Gasteiger charge is 2.09. The van der Waals surface area contributed by atoms with Crippen LogP contribution in [0.2, 0.25) is 0 Å². The zero-order valence-electron chi connectivity index (χ0n) is 16.8. The van der Waals surface area contributed by atoms with Crippen molar-refractivity contribution < 1.29 is 4.74 Å². The average molecular weight is 416 g/mol. The second-order valence-electron chi connectivity index (χ2n) is 6.79. The van der Waals surface area contributed by atoms with Crippen LogP contribution in [0.25, 0.3) is 0 Å². The van der Waals surface area contributed by atoms with Gasteiger partial charge in [-0.05, 0) is 57.2 Å². The van der Waals surface area contributed by atoms with Gasteiger partial charge in [0.05, 0.1) is 24.6 Å². The predicted octanol–water partition coefficient (Wildman–Crippen LogP) is 1.04. The summed E-state index contributed by atoms with van der Waals surface area (Å²) in [6, 6.07) is 0.